The molecule has 0 unspecified atom stereocenters. The monoisotopic (exact) mass is 1210 g/mol. The number of nitrogens with zero attached hydrogens (tertiary/aromatic N) is 6. The van der Waals surface area contributed by atoms with Crippen molar-refractivity contribution in [1.29, 1.82) is 0 Å². The molecule has 2 aliphatic heterocycles. The van der Waals surface area contributed by atoms with Gasteiger partial charge in [-0.2, -0.15) is 10.2 Å². The summed E-state index contributed by atoms with van der Waals surface area (Å²) in [6.07, 6.45) is 9.26. The van der Waals surface area contributed by atoms with Crippen molar-refractivity contribution in [3.8, 4) is 22.3 Å². The van der Waals surface area contributed by atoms with E-state index in [9.17, 15) is 9.59 Å². The molecule has 0 radical (unpaired) electrons. The van der Waals surface area contributed by atoms with Gasteiger partial charge in [0, 0.05) is 108 Å². The number of hydrogen-bond donors (Lipinski definition) is 6. The molecule has 4 heterocycles. The fraction of sp³-hybridized carbons (Fsp3) is 0.414. The van der Waals surface area contributed by atoms with Crippen LogP contribution in [-0.4, -0.2) is 171 Å². The summed E-state index contributed by atoms with van der Waals surface area (Å²) in [5.74, 6) is 0.319. The van der Waals surface area contributed by atoms with E-state index in [-0.39, 0.29) is 36.8 Å². The summed E-state index contributed by atoms with van der Waals surface area (Å²) < 4.78 is 26.5. The maximum absolute atomic E-state index is 12.2. The second-order valence-corrected chi connectivity index (χ2v) is 21.1. The quantitative estimate of drug-likeness (QED) is 0.0209. The number of aromatic nitrogens is 4. The fourth-order valence-electron chi connectivity index (χ4n) is 9.61. The topological polar surface area (TPSA) is 236 Å². The van der Waals surface area contributed by atoms with E-state index in [4.69, 9.17) is 85.2 Å². The van der Waals surface area contributed by atoms with Crippen LogP contribution >= 0.6 is 46.4 Å². The summed E-state index contributed by atoms with van der Waals surface area (Å²) in [5.41, 5.74) is 11.3. The van der Waals surface area contributed by atoms with Crippen molar-refractivity contribution >= 4 is 71.4 Å². The van der Waals surface area contributed by atoms with E-state index >= 15 is 0 Å². The Morgan fingerprint density at radius 1 is 0.549 bits per heavy atom. The highest BCUT2D eigenvalue weighted by atomic mass is 35.5. The summed E-state index contributed by atoms with van der Waals surface area (Å²) in [4.78, 5) is 45.6. The molecule has 2 atom stereocenters. The molecule has 2 aliphatic rings. The van der Waals surface area contributed by atoms with E-state index in [1.54, 1.807) is 0 Å². The number of hydrogen-bond acceptors (Lipinski definition) is 12. The minimum atomic E-state index is -0.263. The predicted octanol–water partition coefficient (Wildman–Crippen LogP) is 8.73. The molecule has 0 saturated heterocycles. The zero-order valence-corrected chi connectivity index (χ0v) is 49.1. The van der Waals surface area contributed by atoms with Crippen molar-refractivity contribution in [2.45, 2.75) is 50.9 Å². The highest BCUT2D eigenvalue weighted by Gasteiger charge is 2.29. The molecule has 8 rings (SSSR count). The molecule has 442 valence electrons. The van der Waals surface area contributed by atoms with Gasteiger partial charge in [0.05, 0.1) is 78.3 Å². The maximum Gasteiger partial charge on any atom is 0.314 e. The van der Waals surface area contributed by atoms with Crippen LogP contribution in [0.15, 0.2) is 97.6 Å². The number of halogens is 4. The van der Waals surface area contributed by atoms with E-state index in [2.05, 4.69) is 104 Å². The first-order valence-electron chi connectivity index (χ1n) is 26.9. The van der Waals surface area contributed by atoms with Gasteiger partial charge in [-0.1, -0.05) is 94.9 Å². The van der Waals surface area contributed by atoms with E-state index < -0.39 is 0 Å². The lowest BCUT2D eigenvalue weighted by Crippen LogP contribution is -2.39. The number of carbonyl (C=O) groups is 4. The van der Waals surface area contributed by atoms with E-state index in [0.29, 0.717) is 125 Å². The van der Waals surface area contributed by atoms with Crippen LogP contribution < -0.4 is 21.3 Å². The van der Waals surface area contributed by atoms with Crippen LogP contribution in [0.1, 0.15) is 58.1 Å². The molecule has 82 heavy (non-hydrogen) atoms. The molecule has 24 heteroatoms. The van der Waals surface area contributed by atoms with Gasteiger partial charge >= 0.3 is 12.1 Å². The number of carbonyl (C=O) groups excluding carboxylic acids is 2. The maximum atomic E-state index is 12.2. The van der Waals surface area contributed by atoms with Crippen LogP contribution in [0.3, 0.4) is 0 Å². The summed E-state index contributed by atoms with van der Waals surface area (Å²) >= 11 is 26.1. The number of carboxylic acid groups (broad SMARTS) is 2. The number of nitrogens with one attached hydrogen (secondary N) is 4. The molecular formula is C58H72Cl4N10O10. The van der Waals surface area contributed by atoms with Crippen LogP contribution in [0.25, 0.3) is 22.3 Å². The van der Waals surface area contributed by atoms with E-state index in [1.807, 2.05) is 58.4 Å². The van der Waals surface area contributed by atoms with Gasteiger partial charge in [0.2, 0.25) is 0 Å². The average molecular weight is 1210 g/mol. The van der Waals surface area contributed by atoms with E-state index in [0.717, 1.165) is 59.6 Å². The second-order valence-electron chi connectivity index (χ2n) is 19.4. The van der Waals surface area contributed by atoms with Crippen molar-refractivity contribution in [3.05, 3.63) is 151 Å². The van der Waals surface area contributed by atoms with Gasteiger partial charge < -0.3 is 60.2 Å². The third-order valence-electron chi connectivity index (χ3n) is 13.4. The van der Waals surface area contributed by atoms with Crippen LogP contribution in [-0.2, 0) is 54.7 Å². The Balaban J connectivity index is 0.00000173. The lowest BCUT2D eigenvalue weighted by Gasteiger charge is -2.33. The Hall–Kier alpha value is -6.30. The highest BCUT2D eigenvalue weighted by Crippen LogP contribution is 2.41. The molecule has 20 nitrogen and oxygen atoms in total. The summed E-state index contributed by atoms with van der Waals surface area (Å²) in [6, 6.07) is 24.4. The highest BCUT2D eigenvalue weighted by molar-refractivity contribution is 6.35. The fourth-order valence-corrected chi connectivity index (χ4v) is 10.8. The Morgan fingerprint density at radius 2 is 0.927 bits per heavy atom. The predicted molar refractivity (Wildman–Crippen MR) is 317 cm³/mol. The minimum absolute atomic E-state index is 0.160. The Morgan fingerprint density at radius 3 is 1.33 bits per heavy atom. The molecule has 0 bridgehead atoms. The van der Waals surface area contributed by atoms with Crippen LogP contribution in [0.4, 0.5) is 9.59 Å². The van der Waals surface area contributed by atoms with Crippen LogP contribution in [0.2, 0.25) is 20.1 Å². The van der Waals surface area contributed by atoms with Gasteiger partial charge in [-0.15, -0.1) is 0 Å². The zero-order chi connectivity index (χ0) is 58.6. The number of benzene rings is 4. The molecule has 2 aromatic heterocycles. The van der Waals surface area contributed by atoms with Crippen molar-refractivity contribution < 1.29 is 48.3 Å². The average Bonchev–Trinajstić information content (AvgIpc) is 4.23. The van der Waals surface area contributed by atoms with Crippen molar-refractivity contribution in [2.75, 3.05) is 106 Å². The Kier molecular flexibility index (Phi) is 27.7. The Bertz CT molecular complexity index is 2770. The number of likely N-dealkylation sites (N-methyl/N-ethyl adjacent to an activating group) is 2. The second kappa shape index (κ2) is 35.0. The van der Waals surface area contributed by atoms with Crippen molar-refractivity contribution in [2.24, 2.45) is 0 Å². The molecule has 0 saturated carbocycles. The number of amides is 4. The summed E-state index contributed by atoms with van der Waals surface area (Å²) in [6.45, 7) is 9.21. The van der Waals surface area contributed by atoms with Gasteiger partial charge in [0.25, 0.3) is 12.9 Å². The van der Waals surface area contributed by atoms with Crippen molar-refractivity contribution in [3.63, 3.8) is 0 Å². The third kappa shape index (κ3) is 20.8. The third-order valence-corrected chi connectivity index (χ3v) is 14.5. The molecular weight excluding hydrogens is 1140 g/mol. The molecule has 0 spiro atoms. The summed E-state index contributed by atoms with van der Waals surface area (Å²) in [7, 11) is 4.23. The first-order chi connectivity index (χ1) is 39.8. The number of unbranched alkanes of at least 4 members (excludes halogenated alkanes) is 1. The number of ether oxygens (including phenoxy) is 4. The van der Waals surface area contributed by atoms with Crippen molar-refractivity contribution in [1.82, 2.24) is 50.6 Å². The summed E-state index contributed by atoms with van der Waals surface area (Å²) in [5, 5.41) is 36.9. The molecule has 0 aliphatic carbocycles. The van der Waals surface area contributed by atoms with Gasteiger partial charge in [0.1, 0.15) is 0 Å². The lowest BCUT2D eigenvalue weighted by molar-refractivity contribution is -0.123. The number of urea groups is 2. The lowest BCUT2D eigenvalue weighted by atomic mass is 9.84. The molecule has 0 fully saturated rings. The first-order valence-corrected chi connectivity index (χ1v) is 28.4. The largest absolute Gasteiger partial charge is 0.483 e. The molecule has 6 N–H and O–H groups in total. The molecule has 4 amide bonds. The molecule has 4 aromatic carbocycles. The smallest absolute Gasteiger partial charge is 0.314 e. The minimum Gasteiger partial charge on any atom is -0.483 e. The van der Waals surface area contributed by atoms with Gasteiger partial charge in [0.15, 0.2) is 0 Å². The zero-order valence-electron chi connectivity index (χ0n) is 46.0. The normalized spacial score (nSPS) is 14.7. The first kappa shape index (κ1) is 64.9. The van der Waals surface area contributed by atoms with Gasteiger partial charge in [-0.3, -0.25) is 19.0 Å². The van der Waals surface area contributed by atoms with Gasteiger partial charge in [-0.25, -0.2) is 9.59 Å². The van der Waals surface area contributed by atoms with Gasteiger partial charge in [-0.05, 0) is 95.7 Å². The van der Waals surface area contributed by atoms with E-state index in [1.165, 1.54) is 22.3 Å². The Labute approximate surface area is 498 Å². The van der Waals surface area contributed by atoms with Crippen LogP contribution in [0.5, 0.6) is 0 Å². The number of fused-ring (bicyclic) bond motifs is 2. The number of rotatable bonds is 27. The van der Waals surface area contributed by atoms with Crippen LogP contribution in [0, 0.1) is 0 Å². The SMILES string of the molecule is CN1Cc2c(Cl)cc(Cl)cc2[C@H](c2cccc(-c3cnn(CCOCCOCCNC(=O)NCCCCNC(=O)NCCOCCOCCn4cc(-c5cccc([C@@H]6CN(C)Cc7c(Cl)cc(Cl)cc76)c5)cn4)c3)c2)C1.O=CO.O=CO. The standard InChI is InChI=1S/C56H68Cl4N10O6.2CH2O2/c1-67-35-49(47-27-45(57)29-53(59)51(47)37-67)41-9-5-7-39(25-41)43-31-65-69(33-43)15-19-75-23-21-73-17-13-63-55(71)61-11-3-4-12-62-56(72)64-14-18-74-22-24-76-20-16-70-34-44(32-66-70)40-8-6-10-42(26-40)50-36-68(2)38-52-48(50)28-46(58)30-54(52)60;2*2-1-3/h5-10,25-34,49-50H,3-4,11-24,35-38H2,1-2H3,(H2,61,63,71)(H2,62,64,72);2*1H,(H,2,3)/t49-,50-;;/m0../s1. The molecule has 6 aromatic rings.